The first-order valence-electron chi connectivity index (χ1n) is 7.95. The van der Waals surface area contributed by atoms with Crippen LogP contribution in [0, 0.1) is 6.92 Å². The summed E-state index contributed by atoms with van der Waals surface area (Å²) in [5, 5.41) is 5.17. The number of aryl methyl sites for hydroxylation is 1. The number of hydrogen-bond acceptors (Lipinski definition) is 2. The van der Waals surface area contributed by atoms with E-state index in [2.05, 4.69) is 5.32 Å². The molecule has 1 N–H and O–H groups in total. The molecule has 2 aromatic rings. The summed E-state index contributed by atoms with van der Waals surface area (Å²) in [6.07, 6.45) is -4.98. The lowest BCUT2D eigenvalue weighted by Crippen LogP contribution is -2.46. The third-order valence-corrected chi connectivity index (χ3v) is 4.55. The summed E-state index contributed by atoms with van der Waals surface area (Å²) < 4.78 is 39.6. The Bertz CT molecular complexity index is 686. The van der Waals surface area contributed by atoms with Crippen molar-refractivity contribution in [3.05, 3.63) is 47.5 Å². The van der Waals surface area contributed by atoms with Crippen LogP contribution in [0.5, 0.6) is 0 Å². The number of alkyl halides is 3. The molecule has 7 heteroatoms. The van der Waals surface area contributed by atoms with Crippen LogP contribution >= 0.6 is 24.8 Å². The molecule has 1 fully saturated rings. The fourth-order valence-electron chi connectivity index (χ4n) is 3.41. The number of nitrogens with one attached hydrogen (secondary N) is 1. The molecule has 0 amide bonds. The van der Waals surface area contributed by atoms with E-state index in [4.69, 9.17) is 0 Å². The van der Waals surface area contributed by atoms with Gasteiger partial charge in [-0.25, -0.2) is 0 Å². The van der Waals surface area contributed by atoms with E-state index >= 15 is 0 Å². The molecule has 1 atom stereocenters. The Morgan fingerprint density at radius 3 is 2.20 bits per heavy atom. The first kappa shape index (κ1) is 22.0. The molecule has 0 aliphatic carbocycles. The van der Waals surface area contributed by atoms with Gasteiger partial charge in [-0.1, -0.05) is 36.4 Å². The quantitative estimate of drug-likeness (QED) is 0.796. The number of nitrogens with zero attached hydrogens (tertiary/aromatic N) is 1. The summed E-state index contributed by atoms with van der Waals surface area (Å²) in [6, 6.07) is 10.9. The molecule has 1 aliphatic heterocycles. The lowest BCUT2D eigenvalue weighted by molar-refractivity contribution is -0.148. The summed E-state index contributed by atoms with van der Waals surface area (Å²) in [5.41, 5.74) is 1.88. The van der Waals surface area contributed by atoms with Crippen LogP contribution in [-0.2, 0) is 0 Å². The van der Waals surface area contributed by atoms with Gasteiger partial charge in [-0.3, -0.25) is 4.90 Å². The largest absolute Gasteiger partial charge is 0.390 e. The van der Waals surface area contributed by atoms with Gasteiger partial charge >= 0.3 is 6.18 Å². The Kier molecular flexibility index (Phi) is 8.00. The molecule has 1 aliphatic rings. The van der Waals surface area contributed by atoms with Gasteiger partial charge in [0.05, 0.1) is 6.42 Å². The molecule has 3 rings (SSSR count). The lowest BCUT2D eigenvalue weighted by atomic mass is 9.93. The van der Waals surface area contributed by atoms with Crippen LogP contribution in [0.15, 0.2) is 36.4 Å². The van der Waals surface area contributed by atoms with Crippen molar-refractivity contribution in [2.45, 2.75) is 25.6 Å². The zero-order valence-electron chi connectivity index (χ0n) is 14.0. The highest BCUT2D eigenvalue weighted by Crippen LogP contribution is 2.37. The highest BCUT2D eigenvalue weighted by atomic mass is 35.5. The maximum absolute atomic E-state index is 13.2. The SMILES string of the molecule is Cc1ccc([C@@H](CC(F)(F)F)N2CCNCC2)c2ccccc12.Cl.Cl. The second-order valence-corrected chi connectivity index (χ2v) is 6.14. The molecule has 1 heterocycles. The van der Waals surface area contributed by atoms with E-state index in [0.717, 1.165) is 35.0 Å². The Balaban J connectivity index is 0.00000156. The minimum Gasteiger partial charge on any atom is -0.314 e. The molecule has 2 aromatic carbocycles. The molecular weight excluding hydrogens is 372 g/mol. The topological polar surface area (TPSA) is 15.3 Å². The average molecular weight is 395 g/mol. The van der Waals surface area contributed by atoms with Gasteiger partial charge in [0.15, 0.2) is 0 Å². The fourth-order valence-corrected chi connectivity index (χ4v) is 3.41. The van der Waals surface area contributed by atoms with Crippen molar-refractivity contribution in [1.82, 2.24) is 10.2 Å². The second-order valence-electron chi connectivity index (χ2n) is 6.14. The minimum atomic E-state index is -4.18. The van der Waals surface area contributed by atoms with Crippen molar-refractivity contribution in [2.24, 2.45) is 0 Å². The van der Waals surface area contributed by atoms with Crippen molar-refractivity contribution in [3.8, 4) is 0 Å². The third kappa shape index (κ3) is 5.23. The molecule has 0 spiro atoms. The Morgan fingerprint density at radius 2 is 1.60 bits per heavy atom. The molecule has 25 heavy (non-hydrogen) atoms. The number of halogens is 5. The molecule has 1 saturated heterocycles. The zero-order valence-corrected chi connectivity index (χ0v) is 15.6. The highest BCUT2D eigenvalue weighted by Gasteiger charge is 2.36. The second kappa shape index (κ2) is 9.08. The molecular formula is C18H23Cl2F3N2. The number of piperazine rings is 1. The average Bonchev–Trinajstić information content (AvgIpc) is 2.54. The predicted octanol–water partition coefficient (Wildman–Crippen LogP) is 4.89. The van der Waals surface area contributed by atoms with Gasteiger partial charge in [0.25, 0.3) is 0 Å². The number of rotatable bonds is 3. The maximum Gasteiger partial charge on any atom is 0.390 e. The Labute approximate surface area is 158 Å². The molecule has 0 bridgehead atoms. The normalized spacial score (nSPS) is 16.8. The minimum absolute atomic E-state index is 0. The van der Waals surface area contributed by atoms with Gasteiger partial charge in [-0.15, -0.1) is 24.8 Å². The lowest BCUT2D eigenvalue weighted by Gasteiger charge is -2.36. The predicted molar refractivity (Wildman–Crippen MR) is 101 cm³/mol. The van der Waals surface area contributed by atoms with E-state index < -0.39 is 18.6 Å². The first-order valence-corrected chi connectivity index (χ1v) is 7.95. The number of benzene rings is 2. The van der Waals surface area contributed by atoms with Gasteiger partial charge in [-0.2, -0.15) is 13.2 Å². The molecule has 2 nitrogen and oxygen atoms in total. The summed E-state index contributed by atoms with van der Waals surface area (Å²) in [4.78, 5) is 1.96. The molecule has 0 aromatic heterocycles. The molecule has 0 saturated carbocycles. The van der Waals surface area contributed by atoms with Crippen molar-refractivity contribution in [1.29, 1.82) is 0 Å². The van der Waals surface area contributed by atoms with Crippen molar-refractivity contribution in [2.75, 3.05) is 26.2 Å². The van der Waals surface area contributed by atoms with E-state index in [0.29, 0.717) is 13.1 Å². The van der Waals surface area contributed by atoms with Crippen LogP contribution in [0.2, 0.25) is 0 Å². The van der Waals surface area contributed by atoms with Crippen molar-refractivity contribution < 1.29 is 13.2 Å². The summed E-state index contributed by atoms with van der Waals surface area (Å²) in [5.74, 6) is 0. The van der Waals surface area contributed by atoms with E-state index in [1.54, 1.807) is 0 Å². The van der Waals surface area contributed by atoms with Crippen LogP contribution in [-0.4, -0.2) is 37.3 Å². The van der Waals surface area contributed by atoms with E-state index in [1.165, 1.54) is 0 Å². The van der Waals surface area contributed by atoms with Gasteiger partial charge in [0.1, 0.15) is 0 Å². The maximum atomic E-state index is 13.2. The standard InChI is InChI=1S/C18H21F3N2.2ClH/c1-13-6-7-16(15-5-3-2-4-14(13)15)17(12-18(19,20)21)23-10-8-22-9-11-23;;/h2-7,17,22H,8-12H2,1H3;2*1H/t17-;;/m1../s1. The summed E-state index contributed by atoms with van der Waals surface area (Å²) in [6.45, 7) is 4.75. The summed E-state index contributed by atoms with van der Waals surface area (Å²) in [7, 11) is 0. The number of fused-ring (bicyclic) bond motifs is 1. The number of hydrogen-bond donors (Lipinski definition) is 1. The first-order chi connectivity index (χ1) is 11.0. The van der Waals surface area contributed by atoms with Gasteiger partial charge < -0.3 is 5.32 Å². The highest BCUT2D eigenvalue weighted by molar-refractivity contribution is 5.89. The third-order valence-electron chi connectivity index (χ3n) is 4.55. The van der Waals surface area contributed by atoms with Gasteiger partial charge in [-0.05, 0) is 28.8 Å². The van der Waals surface area contributed by atoms with Crippen LogP contribution in [0.4, 0.5) is 13.2 Å². The fraction of sp³-hybridized carbons (Fsp3) is 0.444. The van der Waals surface area contributed by atoms with Crippen LogP contribution in [0.25, 0.3) is 10.8 Å². The zero-order chi connectivity index (χ0) is 16.4. The van der Waals surface area contributed by atoms with E-state index in [9.17, 15) is 13.2 Å². The van der Waals surface area contributed by atoms with E-state index in [-0.39, 0.29) is 24.8 Å². The molecule has 0 unspecified atom stereocenters. The Morgan fingerprint density at radius 1 is 1.00 bits per heavy atom. The summed E-state index contributed by atoms with van der Waals surface area (Å²) >= 11 is 0. The van der Waals surface area contributed by atoms with Crippen LogP contribution in [0.3, 0.4) is 0 Å². The molecule has 0 radical (unpaired) electrons. The van der Waals surface area contributed by atoms with E-state index in [1.807, 2.05) is 48.2 Å². The molecule has 140 valence electrons. The van der Waals surface area contributed by atoms with Gasteiger partial charge in [0.2, 0.25) is 0 Å². The van der Waals surface area contributed by atoms with Crippen LogP contribution < -0.4 is 5.32 Å². The Hall–Kier alpha value is -1.01. The monoisotopic (exact) mass is 394 g/mol. The van der Waals surface area contributed by atoms with Gasteiger partial charge in [0, 0.05) is 32.2 Å². The van der Waals surface area contributed by atoms with Crippen molar-refractivity contribution >= 4 is 35.6 Å². The van der Waals surface area contributed by atoms with Crippen LogP contribution in [0.1, 0.15) is 23.6 Å². The smallest absolute Gasteiger partial charge is 0.314 e. The van der Waals surface area contributed by atoms with Crippen molar-refractivity contribution in [3.63, 3.8) is 0 Å².